The predicted molar refractivity (Wildman–Crippen MR) is 52.4 cm³/mol. The van der Waals surface area contributed by atoms with E-state index in [9.17, 15) is 0 Å². The van der Waals surface area contributed by atoms with Crippen LogP contribution in [0.2, 0.25) is 0 Å². The van der Waals surface area contributed by atoms with Gasteiger partial charge in [-0.25, -0.2) is 0 Å². The minimum absolute atomic E-state index is 0.406. The highest BCUT2D eigenvalue weighted by atomic mass is 32.2. The first-order valence-electron chi connectivity index (χ1n) is 4.11. The Balaban J connectivity index is 2.29. The molecule has 0 bridgehead atoms. The molecule has 1 fully saturated rings. The molecule has 0 aromatic rings. The van der Waals surface area contributed by atoms with Crippen LogP contribution in [0.5, 0.6) is 0 Å². The summed E-state index contributed by atoms with van der Waals surface area (Å²) in [6.07, 6.45) is 11.3. The van der Waals surface area contributed by atoms with Crippen LogP contribution in [0.1, 0.15) is 26.2 Å². The smallest absolute Gasteiger partial charge is 0.0206 e. The summed E-state index contributed by atoms with van der Waals surface area (Å²) >= 11 is 1.99. The first-order valence-corrected chi connectivity index (χ1v) is 5.09. The van der Waals surface area contributed by atoms with Gasteiger partial charge >= 0.3 is 0 Å². The summed E-state index contributed by atoms with van der Waals surface area (Å²) in [7, 11) is 0. The number of hydrogen-bond donors (Lipinski definition) is 0. The molecule has 1 aliphatic rings. The lowest BCUT2D eigenvalue weighted by Crippen LogP contribution is -1.85. The normalized spacial score (nSPS) is 23.5. The van der Waals surface area contributed by atoms with Gasteiger partial charge in [0.1, 0.15) is 0 Å². The molecule has 1 atom stereocenters. The summed E-state index contributed by atoms with van der Waals surface area (Å²) in [5.41, 5.74) is 0. The number of hydrogen-bond acceptors (Lipinski definition) is 1. The van der Waals surface area contributed by atoms with Gasteiger partial charge in [-0.1, -0.05) is 13.0 Å². The Bertz CT molecular complexity index is 178. The van der Waals surface area contributed by atoms with E-state index in [0.29, 0.717) is 5.92 Å². The standard InChI is InChI=1S/C10H14S/c1-3-9(2)6-7-10-5-4-8-11-10/h1,7,9H,4-6,8H2,2H3/b10-7+. The first kappa shape index (κ1) is 8.74. The van der Waals surface area contributed by atoms with Crippen molar-refractivity contribution in [1.82, 2.24) is 0 Å². The first-order chi connectivity index (χ1) is 5.33. The van der Waals surface area contributed by atoms with Gasteiger partial charge in [-0.3, -0.25) is 0 Å². The van der Waals surface area contributed by atoms with Gasteiger partial charge < -0.3 is 0 Å². The molecule has 0 saturated carbocycles. The van der Waals surface area contributed by atoms with E-state index in [4.69, 9.17) is 6.42 Å². The van der Waals surface area contributed by atoms with Crippen molar-refractivity contribution in [1.29, 1.82) is 0 Å². The largest absolute Gasteiger partial charge is 0.131 e. The zero-order valence-electron chi connectivity index (χ0n) is 6.97. The van der Waals surface area contributed by atoms with Crippen molar-refractivity contribution in [3.05, 3.63) is 11.0 Å². The summed E-state index contributed by atoms with van der Waals surface area (Å²) < 4.78 is 0. The minimum atomic E-state index is 0.406. The predicted octanol–water partition coefficient (Wildman–Crippen LogP) is 3.06. The van der Waals surface area contributed by atoms with Crippen LogP contribution in [0.4, 0.5) is 0 Å². The van der Waals surface area contributed by atoms with E-state index in [1.54, 1.807) is 4.91 Å². The van der Waals surface area contributed by atoms with Crippen molar-refractivity contribution in [2.75, 3.05) is 5.75 Å². The highest BCUT2D eigenvalue weighted by molar-refractivity contribution is 8.03. The quantitative estimate of drug-likeness (QED) is 0.568. The Hall–Kier alpha value is -0.350. The molecule has 0 spiro atoms. The Morgan fingerprint density at radius 1 is 1.82 bits per heavy atom. The van der Waals surface area contributed by atoms with Gasteiger partial charge in [0.15, 0.2) is 0 Å². The lowest BCUT2D eigenvalue weighted by Gasteiger charge is -1.98. The molecule has 1 heteroatoms. The fourth-order valence-electron chi connectivity index (χ4n) is 1.06. The summed E-state index contributed by atoms with van der Waals surface area (Å²) in [4.78, 5) is 1.55. The zero-order valence-corrected chi connectivity index (χ0v) is 7.79. The van der Waals surface area contributed by atoms with Gasteiger partial charge in [-0.15, -0.1) is 24.1 Å². The number of allylic oxidation sites excluding steroid dienone is 2. The molecule has 0 amide bonds. The minimum Gasteiger partial charge on any atom is -0.131 e. The van der Waals surface area contributed by atoms with Crippen molar-refractivity contribution in [2.24, 2.45) is 5.92 Å². The molecule has 0 aliphatic carbocycles. The van der Waals surface area contributed by atoms with Gasteiger partial charge in [0, 0.05) is 5.92 Å². The molecule has 60 valence electrons. The third-order valence-corrected chi connectivity index (χ3v) is 3.07. The molecule has 1 unspecified atom stereocenters. The maximum absolute atomic E-state index is 5.27. The van der Waals surface area contributed by atoms with E-state index in [0.717, 1.165) is 6.42 Å². The SMILES string of the molecule is C#CC(C)C/C=C1\CCCS1. The van der Waals surface area contributed by atoms with Gasteiger partial charge in [0.2, 0.25) is 0 Å². The van der Waals surface area contributed by atoms with Crippen molar-refractivity contribution in [3.8, 4) is 12.3 Å². The molecule has 0 radical (unpaired) electrons. The lowest BCUT2D eigenvalue weighted by molar-refractivity contribution is 0.770. The second kappa shape index (κ2) is 4.51. The van der Waals surface area contributed by atoms with E-state index in [-0.39, 0.29) is 0 Å². The Morgan fingerprint density at radius 3 is 3.18 bits per heavy atom. The fourth-order valence-corrected chi connectivity index (χ4v) is 2.11. The highest BCUT2D eigenvalue weighted by Gasteiger charge is 2.06. The molecule has 1 saturated heterocycles. The van der Waals surface area contributed by atoms with Gasteiger partial charge in [0.05, 0.1) is 0 Å². The molecular formula is C10H14S. The summed E-state index contributed by atoms with van der Waals surface area (Å²) in [6.45, 7) is 2.09. The van der Waals surface area contributed by atoms with Gasteiger partial charge in [0.25, 0.3) is 0 Å². The molecule has 0 aromatic carbocycles. The van der Waals surface area contributed by atoms with E-state index in [2.05, 4.69) is 18.9 Å². The summed E-state index contributed by atoms with van der Waals surface area (Å²) in [6, 6.07) is 0. The topological polar surface area (TPSA) is 0 Å². The Kier molecular flexibility index (Phi) is 3.59. The molecule has 1 rings (SSSR count). The molecule has 11 heavy (non-hydrogen) atoms. The molecule has 1 heterocycles. The second-order valence-corrected chi connectivity index (χ2v) is 4.15. The van der Waals surface area contributed by atoms with Crippen LogP contribution in [0.3, 0.4) is 0 Å². The number of terminal acetylenes is 1. The zero-order chi connectivity index (χ0) is 8.10. The van der Waals surface area contributed by atoms with Gasteiger partial charge in [-0.2, -0.15) is 0 Å². The number of thioether (sulfide) groups is 1. The van der Waals surface area contributed by atoms with Crippen molar-refractivity contribution < 1.29 is 0 Å². The van der Waals surface area contributed by atoms with Crippen LogP contribution in [-0.4, -0.2) is 5.75 Å². The highest BCUT2D eigenvalue weighted by Crippen LogP contribution is 2.30. The van der Waals surface area contributed by atoms with Crippen molar-refractivity contribution in [2.45, 2.75) is 26.2 Å². The summed E-state index contributed by atoms with van der Waals surface area (Å²) in [5, 5.41) is 0. The average molecular weight is 166 g/mol. The fraction of sp³-hybridized carbons (Fsp3) is 0.600. The summed E-state index contributed by atoms with van der Waals surface area (Å²) in [5.74, 6) is 4.44. The van der Waals surface area contributed by atoms with Crippen LogP contribution in [0.25, 0.3) is 0 Å². The Morgan fingerprint density at radius 2 is 2.64 bits per heavy atom. The van der Waals surface area contributed by atoms with Crippen molar-refractivity contribution in [3.63, 3.8) is 0 Å². The lowest BCUT2D eigenvalue weighted by atomic mass is 10.1. The third kappa shape index (κ3) is 3.03. The third-order valence-electron chi connectivity index (χ3n) is 1.84. The molecule has 1 aliphatic heterocycles. The average Bonchev–Trinajstić information content (AvgIpc) is 2.52. The monoisotopic (exact) mass is 166 g/mol. The van der Waals surface area contributed by atoms with E-state index >= 15 is 0 Å². The van der Waals surface area contributed by atoms with Gasteiger partial charge in [-0.05, 0) is 29.9 Å². The maximum Gasteiger partial charge on any atom is 0.0206 e. The van der Waals surface area contributed by atoms with Crippen molar-refractivity contribution >= 4 is 11.8 Å². The molecule has 0 nitrogen and oxygen atoms in total. The van der Waals surface area contributed by atoms with E-state index in [1.165, 1.54) is 18.6 Å². The van der Waals surface area contributed by atoms with Crippen LogP contribution < -0.4 is 0 Å². The maximum atomic E-state index is 5.27. The van der Waals surface area contributed by atoms with Crippen LogP contribution in [0.15, 0.2) is 11.0 Å². The van der Waals surface area contributed by atoms with Crippen LogP contribution >= 0.6 is 11.8 Å². The van der Waals surface area contributed by atoms with Crippen LogP contribution in [-0.2, 0) is 0 Å². The molecule has 0 N–H and O–H groups in total. The molecular weight excluding hydrogens is 152 g/mol. The van der Waals surface area contributed by atoms with E-state index in [1.807, 2.05) is 11.8 Å². The second-order valence-electron chi connectivity index (χ2n) is 2.93. The Labute approximate surface area is 73.5 Å². The van der Waals surface area contributed by atoms with Crippen LogP contribution in [0, 0.1) is 18.3 Å². The number of rotatable bonds is 2. The molecule has 0 aromatic heterocycles. The van der Waals surface area contributed by atoms with E-state index < -0.39 is 0 Å².